The van der Waals surface area contributed by atoms with Gasteiger partial charge in [0.2, 0.25) is 0 Å². The lowest BCUT2D eigenvalue weighted by molar-refractivity contribution is 0.413. The average Bonchev–Trinajstić information content (AvgIpc) is 3.14. The third-order valence-corrected chi connectivity index (χ3v) is 4.75. The Hall–Kier alpha value is -3.78. The highest BCUT2D eigenvalue weighted by Crippen LogP contribution is 2.33. The summed E-state index contributed by atoms with van der Waals surface area (Å²) in [5.41, 5.74) is 4.11. The number of allylic oxidation sites excluding steroid dienone is 1. The van der Waals surface area contributed by atoms with Gasteiger partial charge in [0.25, 0.3) is 0 Å². The molecule has 1 heterocycles. The number of nitrogens with one attached hydrogen (secondary N) is 1. The zero-order valence-corrected chi connectivity index (χ0v) is 15.9. The number of aromatic nitrogens is 2. The fourth-order valence-electron chi connectivity index (χ4n) is 3.30. The summed E-state index contributed by atoms with van der Waals surface area (Å²) in [4.78, 5) is 7.83. The summed E-state index contributed by atoms with van der Waals surface area (Å²) in [6.07, 6.45) is 1.81. The minimum Gasteiger partial charge on any atom is -0.497 e. The van der Waals surface area contributed by atoms with E-state index in [0.29, 0.717) is 17.1 Å². The molecule has 0 radical (unpaired) electrons. The van der Waals surface area contributed by atoms with Crippen molar-refractivity contribution in [1.82, 2.24) is 9.97 Å². The van der Waals surface area contributed by atoms with Crippen molar-refractivity contribution in [3.05, 3.63) is 65.5 Å². The SMILES string of the molecule is COc1ccc2ccc(OC)c(C=C(C#N)c3nc4ccc(C)cc4[nH]3)c2c1. The molecule has 4 aromatic rings. The van der Waals surface area contributed by atoms with Crippen LogP contribution in [0.5, 0.6) is 11.5 Å². The van der Waals surface area contributed by atoms with Gasteiger partial charge in [-0.25, -0.2) is 4.98 Å². The van der Waals surface area contributed by atoms with E-state index in [0.717, 1.165) is 38.7 Å². The maximum Gasteiger partial charge on any atom is 0.149 e. The molecule has 5 nitrogen and oxygen atoms in total. The van der Waals surface area contributed by atoms with E-state index in [2.05, 4.69) is 16.0 Å². The van der Waals surface area contributed by atoms with Crippen molar-refractivity contribution in [3.63, 3.8) is 0 Å². The zero-order valence-electron chi connectivity index (χ0n) is 15.9. The Kier molecular flexibility index (Phi) is 4.46. The van der Waals surface area contributed by atoms with Gasteiger partial charge in [0.1, 0.15) is 23.4 Å². The van der Waals surface area contributed by atoms with Crippen LogP contribution in [0.15, 0.2) is 48.5 Å². The Labute approximate surface area is 162 Å². The molecule has 4 rings (SSSR count). The number of imidazole rings is 1. The molecular weight excluding hydrogens is 350 g/mol. The van der Waals surface area contributed by atoms with Crippen molar-refractivity contribution in [3.8, 4) is 17.6 Å². The lowest BCUT2D eigenvalue weighted by Crippen LogP contribution is -1.92. The summed E-state index contributed by atoms with van der Waals surface area (Å²) >= 11 is 0. The van der Waals surface area contributed by atoms with Crippen molar-refractivity contribution < 1.29 is 9.47 Å². The lowest BCUT2D eigenvalue weighted by atomic mass is 10.0. The predicted molar refractivity (Wildman–Crippen MR) is 111 cm³/mol. The zero-order chi connectivity index (χ0) is 19.7. The van der Waals surface area contributed by atoms with E-state index in [4.69, 9.17) is 9.47 Å². The van der Waals surface area contributed by atoms with E-state index in [1.807, 2.05) is 61.5 Å². The van der Waals surface area contributed by atoms with Crippen LogP contribution in [0.3, 0.4) is 0 Å². The average molecular weight is 369 g/mol. The molecule has 0 saturated heterocycles. The van der Waals surface area contributed by atoms with Crippen LogP contribution in [0.1, 0.15) is 17.0 Å². The van der Waals surface area contributed by atoms with Crippen molar-refractivity contribution in [1.29, 1.82) is 5.26 Å². The van der Waals surface area contributed by atoms with Crippen LogP contribution in [0.25, 0.3) is 33.5 Å². The third kappa shape index (κ3) is 3.06. The van der Waals surface area contributed by atoms with Crippen LogP contribution in [-0.4, -0.2) is 24.2 Å². The lowest BCUT2D eigenvalue weighted by Gasteiger charge is -2.11. The first-order chi connectivity index (χ1) is 13.6. The summed E-state index contributed by atoms with van der Waals surface area (Å²) in [6, 6.07) is 18.0. The molecule has 0 fully saturated rings. The van der Waals surface area contributed by atoms with Crippen LogP contribution < -0.4 is 9.47 Å². The molecular formula is C23H19N3O2. The van der Waals surface area contributed by atoms with Gasteiger partial charge in [-0.3, -0.25) is 0 Å². The number of rotatable bonds is 4. The molecule has 0 aliphatic heterocycles. The highest BCUT2D eigenvalue weighted by Gasteiger charge is 2.13. The molecule has 1 aromatic heterocycles. The standard InChI is InChI=1S/C23H19N3O2/c1-14-4-8-20-21(10-14)26-23(25-20)16(13-24)11-19-18-12-17(27-2)7-5-15(18)6-9-22(19)28-3/h4-12H,1-3H3,(H,25,26). The normalized spacial score (nSPS) is 11.6. The molecule has 138 valence electrons. The van der Waals surface area contributed by atoms with E-state index in [1.165, 1.54) is 0 Å². The topological polar surface area (TPSA) is 70.9 Å². The number of hydrogen-bond donors (Lipinski definition) is 1. The maximum atomic E-state index is 9.81. The van der Waals surface area contributed by atoms with Crippen LogP contribution in [0.4, 0.5) is 0 Å². The summed E-state index contributed by atoms with van der Waals surface area (Å²) < 4.78 is 10.9. The minimum atomic E-state index is 0.433. The molecule has 0 unspecified atom stereocenters. The van der Waals surface area contributed by atoms with Crippen molar-refractivity contribution in [2.24, 2.45) is 0 Å². The first-order valence-corrected chi connectivity index (χ1v) is 8.86. The summed E-state index contributed by atoms with van der Waals surface area (Å²) in [5, 5.41) is 11.8. The number of nitrogens with zero attached hydrogens (tertiary/aromatic N) is 2. The first kappa shape index (κ1) is 17.6. The molecule has 0 bridgehead atoms. The smallest absolute Gasteiger partial charge is 0.149 e. The number of hydrogen-bond acceptors (Lipinski definition) is 4. The minimum absolute atomic E-state index is 0.433. The van der Waals surface area contributed by atoms with E-state index in [1.54, 1.807) is 14.2 Å². The summed E-state index contributed by atoms with van der Waals surface area (Å²) in [7, 11) is 3.25. The second kappa shape index (κ2) is 7.09. The quantitative estimate of drug-likeness (QED) is 0.508. The predicted octanol–water partition coefficient (Wildman–Crippen LogP) is 5.11. The van der Waals surface area contributed by atoms with Crippen LogP contribution in [-0.2, 0) is 0 Å². The molecule has 1 N–H and O–H groups in total. The molecule has 0 amide bonds. The second-order valence-corrected chi connectivity index (χ2v) is 6.54. The van der Waals surface area contributed by atoms with Gasteiger partial charge >= 0.3 is 0 Å². The monoisotopic (exact) mass is 369 g/mol. The van der Waals surface area contributed by atoms with Gasteiger partial charge in [0, 0.05) is 5.56 Å². The Bertz CT molecular complexity index is 1260. The molecule has 0 aliphatic carbocycles. The van der Waals surface area contributed by atoms with Gasteiger partial charge < -0.3 is 14.5 Å². The van der Waals surface area contributed by atoms with Gasteiger partial charge in [-0.05, 0) is 59.7 Å². The number of aromatic amines is 1. The summed E-state index contributed by atoms with van der Waals surface area (Å²) in [5.74, 6) is 1.96. The third-order valence-electron chi connectivity index (χ3n) is 4.75. The van der Waals surface area contributed by atoms with E-state index < -0.39 is 0 Å². The number of methoxy groups -OCH3 is 2. The Morgan fingerprint density at radius 3 is 2.64 bits per heavy atom. The number of ether oxygens (including phenoxy) is 2. The first-order valence-electron chi connectivity index (χ1n) is 8.86. The number of fused-ring (bicyclic) bond motifs is 2. The van der Waals surface area contributed by atoms with E-state index in [-0.39, 0.29) is 0 Å². The van der Waals surface area contributed by atoms with Gasteiger partial charge in [-0.2, -0.15) is 5.26 Å². The maximum absolute atomic E-state index is 9.81. The molecule has 0 atom stereocenters. The number of aryl methyl sites for hydroxylation is 1. The number of nitriles is 1. The van der Waals surface area contributed by atoms with Crippen LogP contribution in [0, 0.1) is 18.3 Å². The largest absolute Gasteiger partial charge is 0.497 e. The van der Waals surface area contributed by atoms with E-state index >= 15 is 0 Å². The Balaban J connectivity index is 1.93. The summed E-state index contributed by atoms with van der Waals surface area (Å²) in [6.45, 7) is 2.02. The molecule has 28 heavy (non-hydrogen) atoms. The Morgan fingerprint density at radius 2 is 1.89 bits per heavy atom. The van der Waals surface area contributed by atoms with Gasteiger partial charge in [0.05, 0.1) is 30.8 Å². The molecule has 0 spiro atoms. The molecule has 0 aliphatic rings. The second-order valence-electron chi connectivity index (χ2n) is 6.54. The highest BCUT2D eigenvalue weighted by atomic mass is 16.5. The van der Waals surface area contributed by atoms with Gasteiger partial charge in [0.15, 0.2) is 0 Å². The number of H-pyrrole nitrogens is 1. The molecule has 5 heteroatoms. The van der Waals surface area contributed by atoms with Crippen LogP contribution in [0.2, 0.25) is 0 Å². The highest BCUT2D eigenvalue weighted by molar-refractivity contribution is 6.00. The Morgan fingerprint density at radius 1 is 1.07 bits per heavy atom. The van der Waals surface area contributed by atoms with Crippen LogP contribution >= 0.6 is 0 Å². The van der Waals surface area contributed by atoms with Crippen molar-refractivity contribution in [2.75, 3.05) is 14.2 Å². The molecule has 3 aromatic carbocycles. The number of benzene rings is 3. The molecule has 0 saturated carbocycles. The van der Waals surface area contributed by atoms with Crippen molar-refractivity contribution in [2.45, 2.75) is 6.92 Å². The van der Waals surface area contributed by atoms with Crippen molar-refractivity contribution >= 4 is 33.5 Å². The van der Waals surface area contributed by atoms with Gasteiger partial charge in [-0.15, -0.1) is 0 Å². The van der Waals surface area contributed by atoms with Gasteiger partial charge in [-0.1, -0.05) is 18.2 Å². The fourth-order valence-corrected chi connectivity index (χ4v) is 3.30. The fraction of sp³-hybridized carbons (Fsp3) is 0.130. The van der Waals surface area contributed by atoms with E-state index in [9.17, 15) is 5.26 Å².